The zero-order chi connectivity index (χ0) is 12.0. The second-order valence-electron chi connectivity index (χ2n) is 3.54. The molecule has 0 bridgehead atoms. The van der Waals surface area contributed by atoms with Crippen molar-refractivity contribution in [3.63, 3.8) is 0 Å². The van der Waals surface area contributed by atoms with E-state index in [1.54, 1.807) is 0 Å². The number of amides is 1. The first-order valence-electron chi connectivity index (χ1n) is 5.40. The number of rotatable bonds is 5. The molecule has 1 aromatic rings. The van der Waals surface area contributed by atoms with Crippen LogP contribution in [0.4, 0.5) is 5.69 Å². The number of anilines is 1. The number of carbonyl (C=O) groups excluding carboxylic acids is 1. The number of carbonyl (C=O) groups is 1. The molecule has 0 aromatic heterocycles. The van der Waals surface area contributed by atoms with E-state index in [9.17, 15) is 4.79 Å². The second kappa shape index (κ2) is 6.38. The van der Waals surface area contributed by atoms with Gasteiger partial charge in [0.15, 0.2) is 0 Å². The van der Waals surface area contributed by atoms with Crippen molar-refractivity contribution < 1.29 is 4.79 Å². The lowest BCUT2D eigenvalue weighted by atomic mass is 10.2. The summed E-state index contributed by atoms with van der Waals surface area (Å²) in [5.74, 6) is 0.0645. The molecule has 1 amide bonds. The van der Waals surface area contributed by atoms with Crippen LogP contribution >= 0.6 is 11.6 Å². The molecule has 2 N–H and O–H groups in total. The van der Waals surface area contributed by atoms with E-state index in [4.69, 9.17) is 11.6 Å². The average Bonchev–Trinajstić information content (AvgIpc) is 2.25. The lowest BCUT2D eigenvalue weighted by Gasteiger charge is -2.10. The largest absolute Gasteiger partial charge is 0.384 e. The molecule has 3 nitrogen and oxygen atoms in total. The van der Waals surface area contributed by atoms with E-state index in [0.717, 1.165) is 16.3 Å². The molecule has 0 aliphatic carbocycles. The molecule has 16 heavy (non-hydrogen) atoms. The summed E-state index contributed by atoms with van der Waals surface area (Å²) in [6.07, 6.45) is 0.472. The van der Waals surface area contributed by atoms with Crippen molar-refractivity contribution in [2.75, 3.05) is 18.4 Å². The van der Waals surface area contributed by atoms with Crippen molar-refractivity contribution in [1.82, 2.24) is 5.32 Å². The Bertz CT molecular complexity index is 366. The zero-order valence-electron chi connectivity index (χ0n) is 9.64. The summed E-state index contributed by atoms with van der Waals surface area (Å²) in [5.41, 5.74) is 2.00. The molecular weight excluding hydrogens is 224 g/mol. The van der Waals surface area contributed by atoms with Gasteiger partial charge in [-0.05, 0) is 31.5 Å². The molecule has 0 heterocycles. The molecule has 1 aromatic carbocycles. The average molecular weight is 241 g/mol. The molecule has 0 atom stereocenters. The Morgan fingerprint density at radius 1 is 1.44 bits per heavy atom. The third-order valence-electron chi connectivity index (χ3n) is 2.31. The molecule has 0 spiro atoms. The van der Waals surface area contributed by atoms with Crippen LogP contribution in [0.15, 0.2) is 18.2 Å². The van der Waals surface area contributed by atoms with Gasteiger partial charge in [0.1, 0.15) is 0 Å². The van der Waals surface area contributed by atoms with Gasteiger partial charge in [0, 0.05) is 30.2 Å². The summed E-state index contributed by atoms with van der Waals surface area (Å²) in [6.45, 7) is 5.16. The van der Waals surface area contributed by atoms with Gasteiger partial charge >= 0.3 is 0 Å². The molecule has 0 aliphatic heterocycles. The fourth-order valence-electron chi connectivity index (χ4n) is 1.40. The van der Waals surface area contributed by atoms with Gasteiger partial charge in [-0.15, -0.1) is 0 Å². The van der Waals surface area contributed by atoms with Gasteiger partial charge in [0.2, 0.25) is 5.91 Å². The van der Waals surface area contributed by atoms with Gasteiger partial charge < -0.3 is 10.6 Å². The van der Waals surface area contributed by atoms with Crippen LogP contribution in [-0.4, -0.2) is 19.0 Å². The van der Waals surface area contributed by atoms with E-state index < -0.39 is 0 Å². The highest BCUT2D eigenvalue weighted by Gasteiger charge is 2.02. The predicted octanol–water partition coefficient (Wildman–Crippen LogP) is 2.59. The van der Waals surface area contributed by atoms with Crippen LogP contribution in [-0.2, 0) is 4.79 Å². The SMILES string of the molecule is CCNC(=O)CCNc1cccc(Cl)c1C. The van der Waals surface area contributed by atoms with E-state index in [0.29, 0.717) is 19.5 Å². The number of hydrogen-bond donors (Lipinski definition) is 2. The first kappa shape index (κ1) is 12.8. The van der Waals surface area contributed by atoms with Crippen molar-refractivity contribution in [2.45, 2.75) is 20.3 Å². The predicted molar refractivity (Wildman–Crippen MR) is 68.0 cm³/mol. The van der Waals surface area contributed by atoms with Gasteiger partial charge in [0.25, 0.3) is 0 Å². The number of hydrogen-bond acceptors (Lipinski definition) is 2. The fourth-order valence-corrected chi connectivity index (χ4v) is 1.57. The standard InChI is InChI=1S/C12H17ClN2O/c1-3-14-12(16)7-8-15-11-6-4-5-10(13)9(11)2/h4-6,15H,3,7-8H2,1-2H3,(H,14,16). The third-order valence-corrected chi connectivity index (χ3v) is 2.72. The van der Waals surface area contributed by atoms with Crippen LogP contribution in [0.5, 0.6) is 0 Å². The Morgan fingerprint density at radius 2 is 2.19 bits per heavy atom. The maximum Gasteiger partial charge on any atom is 0.221 e. The van der Waals surface area contributed by atoms with Crippen molar-refractivity contribution in [3.8, 4) is 0 Å². The summed E-state index contributed by atoms with van der Waals surface area (Å²) < 4.78 is 0. The maximum absolute atomic E-state index is 11.2. The van der Waals surface area contributed by atoms with Crippen LogP contribution in [0.2, 0.25) is 5.02 Å². The first-order valence-corrected chi connectivity index (χ1v) is 5.78. The lowest BCUT2D eigenvalue weighted by Crippen LogP contribution is -2.24. The minimum Gasteiger partial charge on any atom is -0.384 e. The van der Waals surface area contributed by atoms with E-state index in [1.165, 1.54) is 0 Å². The summed E-state index contributed by atoms with van der Waals surface area (Å²) in [5, 5.41) is 6.69. The highest BCUT2D eigenvalue weighted by atomic mass is 35.5. The molecule has 0 saturated heterocycles. The number of nitrogens with one attached hydrogen (secondary N) is 2. The van der Waals surface area contributed by atoms with Gasteiger partial charge in [-0.25, -0.2) is 0 Å². The summed E-state index contributed by atoms with van der Waals surface area (Å²) in [7, 11) is 0. The molecular formula is C12H17ClN2O. The van der Waals surface area contributed by atoms with Crippen LogP contribution in [0.3, 0.4) is 0 Å². The topological polar surface area (TPSA) is 41.1 Å². The highest BCUT2D eigenvalue weighted by molar-refractivity contribution is 6.31. The quantitative estimate of drug-likeness (QED) is 0.831. The normalized spacial score (nSPS) is 9.94. The van der Waals surface area contributed by atoms with Crippen LogP contribution < -0.4 is 10.6 Å². The van der Waals surface area contributed by atoms with Crippen LogP contribution in [0.1, 0.15) is 18.9 Å². The lowest BCUT2D eigenvalue weighted by molar-refractivity contribution is -0.120. The Morgan fingerprint density at radius 3 is 2.88 bits per heavy atom. The molecule has 0 aliphatic rings. The molecule has 4 heteroatoms. The van der Waals surface area contributed by atoms with Gasteiger partial charge in [-0.2, -0.15) is 0 Å². The van der Waals surface area contributed by atoms with E-state index >= 15 is 0 Å². The molecule has 1 rings (SSSR count). The van der Waals surface area contributed by atoms with E-state index in [1.807, 2.05) is 32.0 Å². The summed E-state index contributed by atoms with van der Waals surface area (Å²) in [6, 6.07) is 5.70. The van der Waals surface area contributed by atoms with Crippen molar-refractivity contribution in [1.29, 1.82) is 0 Å². The summed E-state index contributed by atoms with van der Waals surface area (Å²) >= 11 is 5.99. The smallest absolute Gasteiger partial charge is 0.221 e. The van der Waals surface area contributed by atoms with Crippen LogP contribution in [0, 0.1) is 6.92 Å². The minimum absolute atomic E-state index is 0.0645. The van der Waals surface area contributed by atoms with E-state index in [-0.39, 0.29) is 5.91 Å². The zero-order valence-corrected chi connectivity index (χ0v) is 10.4. The monoisotopic (exact) mass is 240 g/mol. The highest BCUT2D eigenvalue weighted by Crippen LogP contribution is 2.22. The number of halogens is 1. The molecule has 0 radical (unpaired) electrons. The number of benzene rings is 1. The summed E-state index contributed by atoms with van der Waals surface area (Å²) in [4.78, 5) is 11.2. The second-order valence-corrected chi connectivity index (χ2v) is 3.95. The molecule has 0 fully saturated rings. The third kappa shape index (κ3) is 3.74. The van der Waals surface area contributed by atoms with E-state index in [2.05, 4.69) is 10.6 Å². The van der Waals surface area contributed by atoms with Crippen LogP contribution in [0.25, 0.3) is 0 Å². The minimum atomic E-state index is 0.0645. The molecule has 88 valence electrons. The Kier molecular flexibility index (Phi) is 5.12. The first-order chi connectivity index (χ1) is 7.65. The Balaban J connectivity index is 2.43. The van der Waals surface area contributed by atoms with Crippen molar-refractivity contribution in [3.05, 3.63) is 28.8 Å². The fraction of sp³-hybridized carbons (Fsp3) is 0.417. The molecule has 0 saturated carbocycles. The van der Waals surface area contributed by atoms with Gasteiger partial charge in [0.05, 0.1) is 0 Å². The Labute approximate surface area is 101 Å². The van der Waals surface area contributed by atoms with Crippen molar-refractivity contribution >= 4 is 23.2 Å². The van der Waals surface area contributed by atoms with Gasteiger partial charge in [-0.1, -0.05) is 17.7 Å². The van der Waals surface area contributed by atoms with Crippen molar-refractivity contribution in [2.24, 2.45) is 0 Å². The van der Waals surface area contributed by atoms with Gasteiger partial charge in [-0.3, -0.25) is 4.79 Å². The molecule has 0 unspecified atom stereocenters. The Hall–Kier alpha value is -1.22. The maximum atomic E-state index is 11.2.